The van der Waals surface area contributed by atoms with E-state index in [0.717, 1.165) is 61.1 Å². The summed E-state index contributed by atoms with van der Waals surface area (Å²) in [4.78, 5) is 10.1. The van der Waals surface area contributed by atoms with Crippen LogP contribution in [-0.4, -0.2) is 9.97 Å². The van der Waals surface area contributed by atoms with Crippen molar-refractivity contribution < 1.29 is 8.83 Å². The van der Waals surface area contributed by atoms with Gasteiger partial charge in [-0.1, -0.05) is 290 Å². The Morgan fingerprint density at radius 1 is 0.256 bits per heavy atom. The van der Waals surface area contributed by atoms with Crippen molar-refractivity contribution in [3.8, 4) is 89.7 Å². The fraction of sp³-hybridized carbons (Fsp3) is 0.0930. The van der Waals surface area contributed by atoms with Crippen molar-refractivity contribution in [1.29, 1.82) is 0 Å². The Bertz CT molecular complexity index is 5080. The smallest absolute Gasteiger partial charge is 0.227 e. The standard InChI is InChI=1S/C45H29NO.C41H37NO/c1-4-14-30(15-5-1)35-28-29-36(31-16-6-2-7-17-31)44-43(35)46-45(47-44)34-26-24-33(25-27-34)42-39-22-12-10-20-37(39)41(32-18-8-3-9-19-32)38-21-11-13-23-40(38)42;1-40(2,3)33-24-35-36(25-34(33)41(4,5)6)43-39(42-35)28-22-20-27(21-23-28)38-31-18-12-10-16-29(31)37(26-14-8-7-9-15-26)30-17-11-13-19-32(30)38/h1-29H;7-25H,1-6H3. The molecule has 0 fully saturated rings. The van der Waals surface area contributed by atoms with E-state index in [4.69, 9.17) is 18.8 Å². The molecule has 2 aromatic heterocycles. The zero-order valence-electron chi connectivity index (χ0n) is 51.4. The first kappa shape index (κ1) is 55.6. The number of aromatic nitrogens is 2. The van der Waals surface area contributed by atoms with Gasteiger partial charge in [-0.15, -0.1) is 0 Å². The van der Waals surface area contributed by atoms with Crippen LogP contribution in [0.4, 0.5) is 0 Å². The predicted octanol–water partition coefficient (Wildman–Crippen LogP) is 24.2. The third kappa shape index (κ3) is 10.1. The van der Waals surface area contributed by atoms with Crippen LogP contribution >= 0.6 is 0 Å². The summed E-state index contributed by atoms with van der Waals surface area (Å²) in [5.74, 6) is 1.27. The van der Waals surface area contributed by atoms with E-state index in [0.29, 0.717) is 11.8 Å². The molecule has 0 aliphatic heterocycles. The number of benzene rings is 14. The van der Waals surface area contributed by atoms with Crippen LogP contribution in [0.3, 0.4) is 0 Å². The molecule has 0 aliphatic carbocycles. The molecule has 0 spiro atoms. The lowest BCUT2D eigenvalue weighted by molar-refractivity contribution is 0.529. The highest BCUT2D eigenvalue weighted by Gasteiger charge is 2.28. The number of hydrogen-bond acceptors (Lipinski definition) is 4. The summed E-state index contributed by atoms with van der Waals surface area (Å²) in [6.45, 7) is 13.6. The minimum atomic E-state index is 0.00696. The maximum absolute atomic E-state index is 6.64. The Kier molecular flexibility index (Phi) is 14.0. The highest BCUT2D eigenvalue weighted by molar-refractivity contribution is 6.23. The first-order valence-corrected chi connectivity index (χ1v) is 31.1. The van der Waals surface area contributed by atoms with E-state index in [1.165, 1.54) is 93.2 Å². The second-order valence-electron chi connectivity index (χ2n) is 25.5. The molecule has 432 valence electrons. The molecule has 0 radical (unpaired) electrons. The summed E-state index contributed by atoms with van der Waals surface area (Å²) in [7, 11) is 0. The zero-order chi connectivity index (χ0) is 61.1. The average Bonchev–Trinajstić information content (AvgIpc) is 1.03. The minimum Gasteiger partial charge on any atom is -0.436 e. The maximum Gasteiger partial charge on any atom is 0.227 e. The third-order valence-electron chi connectivity index (χ3n) is 17.7. The van der Waals surface area contributed by atoms with Crippen LogP contribution < -0.4 is 0 Å². The van der Waals surface area contributed by atoms with E-state index in [-0.39, 0.29) is 10.8 Å². The van der Waals surface area contributed by atoms with Crippen molar-refractivity contribution in [2.45, 2.75) is 52.4 Å². The molecule has 0 bridgehead atoms. The Hall–Kier alpha value is -10.9. The van der Waals surface area contributed by atoms with Crippen molar-refractivity contribution >= 4 is 65.3 Å². The van der Waals surface area contributed by atoms with Crippen LogP contribution in [0.15, 0.2) is 300 Å². The van der Waals surface area contributed by atoms with Crippen molar-refractivity contribution in [3.63, 3.8) is 0 Å². The van der Waals surface area contributed by atoms with Gasteiger partial charge in [-0.3, -0.25) is 0 Å². The molecule has 0 atom stereocenters. The van der Waals surface area contributed by atoms with Crippen LogP contribution in [0.5, 0.6) is 0 Å². The lowest BCUT2D eigenvalue weighted by atomic mass is 9.75. The van der Waals surface area contributed by atoms with Gasteiger partial charge in [0.2, 0.25) is 11.8 Å². The number of hydrogen-bond donors (Lipinski definition) is 0. The Balaban J connectivity index is 0.000000151. The molecule has 0 amide bonds. The van der Waals surface area contributed by atoms with Gasteiger partial charge in [0.15, 0.2) is 11.2 Å². The van der Waals surface area contributed by atoms with Crippen molar-refractivity contribution in [3.05, 3.63) is 302 Å². The molecule has 4 nitrogen and oxygen atoms in total. The lowest BCUT2D eigenvalue weighted by Gasteiger charge is -2.29. The van der Waals surface area contributed by atoms with Crippen LogP contribution in [0.2, 0.25) is 0 Å². The fourth-order valence-electron chi connectivity index (χ4n) is 13.4. The van der Waals surface area contributed by atoms with Crippen LogP contribution in [0.1, 0.15) is 52.7 Å². The van der Waals surface area contributed by atoms with Crippen molar-refractivity contribution in [2.24, 2.45) is 0 Å². The van der Waals surface area contributed by atoms with E-state index in [2.05, 4.69) is 321 Å². The van der Waals surface area contributed by atoms with Gasteiger partial charge in [0.05, 0.1) is 0 Å². The van der Waals surface area contributed by atoms with Gasteiger partial charge in [0, 0.05) is 22.3 Å². The van der Waals surface area contributed by atoms with E-state index < -0.39 is 0 Å². The van der Waals surface area contributed by atoms with Gasteiger partial charge in [-0.05, 0) is 163 Å². The lowest BCUT2D eigenvalue weighted by Crippen LogP contribution is -2.21. The van der Waals surface area contributed by atoms with Gasteiger partial charge >= 0.3 is 0 Å². The molecule has 0 saturated heterocycles. The number of nitrogens with zero attached hydrogens (tertiary/aromatic N) is 2. The first-order valence-electron chi connectivity index (χ1n) is 31.1. The number of fused-ring (bicyclic) bond motifs is 6. The highest BCUT2D eigenvalue weighted by Crippen LogP contribution is 2.47. The summed E-state index contributed by atoms with van der Waals surface area (Å²) >= 11 is 0. The molecule has 4 heteroatoms. The molecule has 14 aromatic carbocycles. The van der Waals surface area contributed by atoms with Gasteiger partial charge in [0.25, 0.3) is 0 Å². The molecule has 0 aliphatic rings. The predicted molar refractivity (Wildman–Crippen MR) is 379 cm³/mol. The molecule has 0 saturated carbocycles. The Morgan fingerprint density at radius 3 is 0.911 bits per heavy atom. The monoisotopic (exact) mass is 1160 g/mol. The average molecular weight is 1160 g/mol. The largest absolute Gasteiger partial charge is 0.436 e. The van der Waals surface area contributed by atoms with Gasteiger partial charge in [0.1, 0.15) is 11.0 Å². The minimum absolute atomic E-state index is 0.00696. The maximum atomic E-state index is 6.64. The summed E-state index contributed by atoms with van der Waals surface area (Å²) in [6.07, 6.45) is 0. The Morgan fingerprint density at radius 2 is 0.544 bits per heavy atom. The molecule has 0 unspecified atom stereocenters. The van der Waals surface area contributed by atoms with Crippen LogP contribution in [-0.2, 0) is 10.8 Å². The van der Waals surface area contributed by atoms with Crippen LogP contribution in [0, 0.1) is 0 Å². The molecule has 0 N–H and O–H groups in total. The molecular weight excluding hydrogens is 1090 g/mol. The summed E-state index contributed by atoms with van der Waals surface area (Å²) in [5, 5.41) is 9.98. The number of oxazole rings is 2. The Labute approximate surface area is 525 Å². The normalized spacial score (nSPS) is 11.9. The van der Waals surface area contributed by atoms with E-state index in [9.17, 15) is 0 Å². The highest BCUT2D eigenvalue weighted by atomic mass is 16.4. The number of rotatable bonds is 8. The van der Waals surface area contributed by atoms with Gasteiger partial charge in [-0.25, -0.2) is 9.97 Å². The quantitative estimate of drug-likeness (QED) is 0.142. The molecule has 16 aromatic rings. The van der Waals surface area contributed by atoms with Gasteiger partial charge < -0.3 is 8.83 Å². The summed E-state index contributed by atoms with van der Waals surface area (Å²) < 4.78 is 13.0. The summed E-state index contributed by atoms with van der Waals surface area (Å²) in [5.41, 5.74) is 22.1. The van der Waals surface area contributed by atoms with E-state index in [1.54, 1.807) is 0 Å². The molecule has 16 rings (SSSR count). The van der Waals surface area contributed by atoms with Crippen molar-refractivity contribution in [2.75, 3.05) is 0 Å². The summed E-state index contributed by atoms with van der Waals surface area (Å²) in [6, 6.07) is 103. The molecule has 90 heavy (non-hydrogen) atoms. The zero-order valence-corrected chi connectivity index (χ0v) is 51.4. The second kappa shape index (κ2) is 22.6. The van der Waals surface area contributed by atoms with E-state index >= 15 is 0 Å². The van der Waals surface area contributed by atoms with Gasteiger partial charge in [-0.2, -0.15) is 0 Å². The molecule has 2 heterocycles. The first-order chi connectivity index (χ1) is 43.9. The SMILES string of the molecule is CC(C)(C)c1cc2nc(-c3ccc(-c4c5ccccc5c(-c5ccccc5)c5ccccc45)cc3)oc2cc1C(C)(C)C.c1ccc(-c2c3ccccc3c(-c3ccc(-c4nc5c(-c6ccccc6)ccc(-c6ccccc6)c5o4)cc3)c3ccccc23)cc1. The third-order valence-corrected chi connectivity index (χ3v) is 17.7. The molecular formula is C86H66N2O2. The van der Waals surface area contributed by atoms with Crippen LogP contribution in [0.25, 0.3) is 155 Å². The van der Waals surface area contributed by atoms with E-state index in [1.807, 2.05) is 12.1 Å². The topological polar surface area (TPSA) is 52.1 Å². The second-order valence-corrected chi connectivity index (χ2v) is 25.5. The van der Waals surface area contributed by atoms with Crippen molar-refractivity contribution in [1.82, 2.24) is 9.97 Å². The fourth-order valence-corrected chi connectivity index (χ4v) is 13.4.